The number of amides is 1. The Kier molecular flexibility index (Phi) is 5.26. The van der Waals surface area contributed by atoms with Crippen LogP contribution in [-0.2, 0) is 11.2 Å². The molecule has 4 rings (SSSR count). The van der Waals surface area contributed by atoms with Gasteiger partial charge in [0, 0.05) is 25.2 Å². The number of piperazine rings is 1. The van der Waals surface area contributed by atoms with Gasteiger partial charge in [-0.25, -0.2) is 4.98 Å². The third-order valence-electron chi connectivity index (χ3n) is 5.32. The highest BCUT2D eigenvalue weighted by molar-refractivity contribution is 5.79. The second-order valence-corrected chi connectivity index (χ2v) is 7.34. The van der Waals surface area contributed by atoms with Crippen LogP contribution in [0, 0.1) is 6.92 Å². The maximum absolute atomic E-state index is 13.2. The Morgan fingerprint density at radius 3 is 2.46 bits per heavy atom. The first-order valence-corrected chi connectivity index (χ1v) is 9.66. The molecule has 144 valence electrons. The fraction of sp³-hybridized carbons (Fsp3) is 0.304. The summed E-state index contributed by atoms with van der Waals surface area (Å²) in [6.07, 6.45) is 0.259. The van der Waals surface area contributed by atoms with Crippen molar-refractivity contribution >= 4 is 5.91 Å². The number of nitrogens with zero attached hydrogens (tertiary/aromatic N) is 3. The van der Waals surface area contributed by atoms with E-state index in [1.807, 2.05) is 60.4 Å². The van der Waals surface area contributed by atoms with E-state index in [9.17, 15) is 4.79 Å². The van der Waals surface area contributed by atoms with Crippen LogP contribution in [0.25, 0.3) is 11.5 Å². The van der Waals surface area contributed by atoms with Crippen LogP contribution in [-0.4, -0.2) is 47.4 Å². The molecule has 0 radical (unpaired) electrons. The molecule has 3 aromatic rings. The maximum atomic E-state index is 13.2. The number of aryl methyl sites for hydroxylation is 1. The second-order valence-electron chi connectivity index (χ2n) is 7.34. The summed E-state index contributed by atoms with van der Waals surface area (Å²) < 4.78 is 5.83. The molecule has 5 heteroatoms. The summed E-state index contributed by atoms with van der Waals surface area (Å²) in [5.74, 6) is 1.37. The van der Waals surface area contributed by atoms with Crippen LogP contribution < -0.4 is 0 Å². The highest BCUT2D eigenvalue weighted by Gasteiger charge is 2.31. The van der Waals surface area contributed by atoms with Crippen molar-refractivity contribution in [2.45, 2.75) is 19.4 Å². The van der Waals surface area contributed by atoms with Crippen LogP contribution in [0.5, 0.6) is 0 Å². The standard InChI is InChI=1S/C23H25N3O2/c1-17-20(24-23(28-17)19-11-7-4-8-12-19)15-22(27)26-14-13-25(2)16-21(26)18-9-5-3-6-10-18/h3-12,21H,13-16H2,1-2H3. The van der Waals surface area contributed by atoms with Crippen molar-refractivity contribution in [1.29, 1.82) is 0 Å². The molecular weight excluding hydrogens is 350 g/mol. The van der Waals surface area contributed by atoms with Gasteiger partial charge in [0.1, 0.15) is 5.76 Å². The van der Waals surface area contributed by atoms with Gasteiger partial charge in [0.25, 0.3) is 0 Å². The Morgan fingerprint density at radius 2 is 1.75 bits per heavy atom. The summed E-state index contributed by atoms with van der Waals surface area (Å²) in [6.45, 7) is 4.31. The van der Waals surface area contributed by atoms with Crippen molar-refractivity contribution in [3.63, 3.8) is 0 Å². The van der Waals surface area contributed by atoms with E-state index in [1.165, 1.54) is 5.56 Å². The van der Waals surface area contributed by atoms with Crippen LogP contribution in [0.1, 0.15) is 23.1 Å². The van der Waals surface area contributed by atoms with Crippen molar-refractivity contribution < 1.29 is 9.21 Å². The number of hydrogen-bond donors (Lipinski definition) is 0. The summed E-state index contributed by atoms with van der Waals surface area (Å²) in [4.78, 5) is 22.1. The molecule has 1 amide bonds. The first-order chi connectivity index (χ1) is 13.6. The average molecular weight is 375 g/mol. The number of benzene rings is 2. The third-order valence-corrected chi connectivity index (χ3v) is 5.32. The van der Waals surface area contributed by atoms with Crippen LogP contribution in [0.15, 0.2) is 65.1 Å². The van der Waals surface area contributed by atoms with Gasteiger partial charge in [-0.15, -0.1) is 0 Å². The fourth-order valence-electron chi connectivity index (χ4n) is 3.72. The molecule has 1 aliphatic rings. The SMILES string of the molecule is Cc1oc(-c2ccccc2)nc1CC(=O)N1CCN(C)CC1c1ccccc1. The Labute approximate surface area is 165 Å². The molecule has 5 nitrogen and oxygen atoms in total. The molecule has 1 unspecified atom stereocenters. The van der Waals surface area contributed by atoms with Crippen molar-refractivity contribution in [1.82, 2.24) is 14.8 Å². The first-order valence-electron chi connectivity index (χ1n) is 9.66. The summed E-state index contributed by atoms with van der Waals surface area (Å²) in [5.41, 5.74) is 2.81. The van der Waals surface area contributed by atoms with Crippen LogP contribution in [0.4, 0.5) is 0 Å². The zero-order chi connectivity index (χ0) is 19.5. The lowest BCUT2D eigenvalue weighted by molar-refractivity contribution is -0.135. The van der Waals surface area contributed by atoms with Crippen molar-refractivity contribution in [3.8, 4) is 11.5 Å². The van der Waals surface area contributed by atoms with E-state index < -0.39 is 0 Å². The topological polar surface area (TPSA) is 49.6 Å². The molecule has 0 N–H and O–H groups in total. The quantitative estimate of drug-likeness (QED) is 0.698. The molecule has 0 spiro atoms. The molecule has 28 heavy (non-hydrogen) atoms. The molecule has 0 aliphatic carbocycles. The molecule has 2 aromatic carbocycles. The number of likely N-dealkylation sites (N-methyl/N-ethyl adjacent to an activating group) is 1. The molecule has 0 bridgehead atoms. The minimum absolute atomic E-state index is 0.0632. The predicted molar refractivity (Wildman–Crippen MR) is 109 cm³/mol. The molecule has 1 aliphatic heterocycles. The van der Waals surface area contributed by atoms with Crippen molar-refractivity contribution in [2.24, 2.45) is 0 Å². The first kappa shape index (κ1) is 18.4. The van der Waals surface area contributed by atoms with Gasteiger partial charge in [0.2, 0.25) is 11.8 Å². The zero-order valence-corrected chi connectivity index (χ0v) is 16.3. The molecule has 1 aromatic heterocycles. The number of carbonyl (C=O) groups excluding carboxylic acids is 1. The minimum Gasteiger partial charge on any atom is -0.441 e. The number of hydrogen-bond acceptors (Lipinski definition) is 4. The molecule has 1 saturated heterocycles. The predicted octanol–water partition coefficient (Wildman–Crippen LogP) is 3.71. The summed E-state index contributed by atoms with van der Waals surface area (Å²) in [6, 6.07) is 20.1. The smallest absolute Gasteiger partial charge is 0.229 e. The number of oxazole rings is 1. The number of carbonyl (C=O) groups is 1. The Morgan fingerprint density at radius 1 is 1.07 bits per heavy atom. The Hall–Kier alpha value is -2.92. The monoisotopic (exact) mass is 375 g/mol. The lowest BCUT2D eigenvalue weighted by Gasteiger charge is -2.40. The van der Waals surface area contributed by atoms with E-state index >= 15 is 0 Å². The third kappa shape index (κ3) is 3.85. The average Bonchev–Trinajstić information content (AvgIpc) is 3.09. The van der Waals surface area contributed by atoms with Gasteiger partial charge < -0.3 is 14.2 Å². The van der Waals surface area contributed by atoms with Crippen LogP contribution in [0.3, 0.4) is 0 Å². The van der Waals surface area contributed by atoms with E-state index in [4.69, 9.17) is 4.42 Å². The van der Waals surface area contributed by atoms with E-state index in [0.29, 0.717) is 11.7 Å². The van der Waals surface area contributed by atoms with E-state index in [1.54, 1.807) is 0 Å². The normalized spacial score (nSPS) is 17.6. The van der Waals surface area contributed by atoms with Crippen LogP contribution >= 0.6 is 0 Å². The Bertz CT molecular complexity index is 937. The van der Waals surface area contributed by atoms with Gasteiger partial charge in [0.05, 0.1) is 18.2 Å². The summed E-state index contributed by atoms with van der Waals surface area (Å²) in [7, 11) is 2.10. The molecule has 1 fully saturated rings. The minimum atomic E-state index is 0.0632. The van der Waals surface area contributed by atoms with Gasteiger partial charge in [-0.2, -0.15) is 0 Å². The molecule has 1 atom stereocenters. The number of aromatic nitrogens is 1. The fourth-order valence-corrected chi connectivity index (χ4v) is 3.72. The number of rotatable bonds is 4. The van der Waals surface area contributed by atoms with Gasteiger partial charge in [-0.05, 0) is 31.7 Å². The summed E-state index contributed by atoms with van der Waals surface area (Å²) >= 11 is 0. The zero-order valence-electron chi connectivity index (χ0n) is 16.3. The van der Waals surface area contributed by atoms with Gasteiger partial charge in [0.15, 0.2) is 0 Å². The highest BCUT2D eigenvalue weighted by atomic mass is 16.4. The van der Waals surface area contributed by atoms with Crippen molar-refractivity contribution in [3.05, 3.63) is 77.7 Å². The highest BCUT2D eigenvalue weighted by Crippen LogP contribution is 2.27. The van der Waals surface area contributed by atoms with Gasteiger partial charge in [-0.3, -0.25) is 4.79 Å². The van der Waals surface area contributed by atoms with Crippen LogP contribution in [0.2, 0.25) is 0 Å². The lowest BCUT2D eigenvalue weighted by atomic mass is 10.0. The lowest BCUT2D eigenvalue weighted by Crippen LogP contribution is -2.49. The molecule has 0 saturated carbocycles. The van der Waals surface area contributed by atoms with E-state index in [-0.39, 0.29) is 18.4 Å². The van der Waals surface area contributed by atoms with E-state index in [0.717, 1.165) is 30.9 Å². The van der Waals surface area contributed by atoms with Crippen molar-refractivity contribution in [2.75, 3.05) is 26.7 Å². The Balaban J connectivity index is 1.55. The molecular formula is C23H25N3O2. The second kappa shape index (κ2) is 7.98. The van der Waals surface area contributed by atoms with Gasteiger partial charge in [-0.1, -0.05) is 48.5 Å². The maximum Gasteiger partial charge on any atom is 0.229 e. The largest absolute Gasteiger partial charge is 0.441 e. The van der Waals surface area contributed by atoms with E-state index in [2.05, 4.69) is 29.1 Å². The van der Waals surface area contributed by atoms with Gasteiger partial charge >= 0.3 is 0 Å². The summed E-state index contributed by atoms with van der Waals surface area (Å²) in [5, 5.41) is 0. The molecule has 2 heterocycles.